The largest absolute Gasteiger partial charge is 0.352 e. The zero-order valence-electron chi connectivity index (χ0n) is 16.7. The van der Waals surface area contributed by atoms with Gasteiger partial charge < -0.3 is 10.2 Å². The lowest BCUT2D eigenvalue weighted by molar-refractivity contribution is -0.140. The number of nitrogens with one attached hydrogen (secondary N) is 1. The molecule has 1 N–H and O–H groups in total. The first-order chi connectivity index (χ1) is 13.7. The molecule has 0 radical (unpaired) electrons. The maximum atomic E-state index is 14.2. The van der Waals surface area contributed by atoms with E-state index >= 15 is 0 Å². The van der Waals surface area contributed by atoms with Gasteiger partial charge in [0.05, 0.1) is 6.42 Å². The molecule has 2 atom stereocenters. The smallest absolute Gasteiger partial charge is 0.242 e. The third-order valence-corrected chi connectivity index (χ3v) is 5.65. The van der Waals surface area contributed by atoms with Gasteiger partial charge in [0, 0.05) is 27.6 Å². The Bertz CT molecular complexity index is 857. The van der Waals surface area contributed by atoms with Gasteiger partial charge in [0.1, 0.15) is 11.9 Å². The van der Waals surface area contributed by atoms with Gasteiger partial charge in [-0.2, -0.15) is 0 Å². The average molecular weight is 484 g/mol. The van der Waals surface area contributed by atoms with Crippen molar-refractivity contribution in [3.63, 3.8) is 0 Å². The van der Waals surface area contributed by atoms with Gasteiger partial charge >= 0.3 is 0 Å². The Labute approximate surface area is 184 Å². The molecule has 4 nitrogen and oxygen atoms in total. The maximum absolute atomic E-state index is 14.2. The second-order valence-electron chi connectivity index (χ2n) is 7.02. The Balaban J connectivity index is 2.29. The molecule has 0 aromatic heterocycles. The summed E-state index contributed by atoms with van der Waals surface area (Å²) in [5.41, 5.74) is 0.989. The van der Waals surface area contributed by atoms with Gasteiger partial charge in [0.25, 0.3) is 0 Å². The second kappa shape index (κ2) is 10.7. The van der Waals surface area contributed by atoms with Crippen molar-refractivity contribution in [1.29, 1.82) is 0 Å². The van der Waals surface area contributed by atoms with Crippen LogP contribution in [0.3, 0.4) is 0 Å². The lowest BCUT2D eigenvalue weighted by atomic mass is 10.1. The molecule has 0 unspecified atom stereocenters. The van der Waals surface area contributed by atoms with Crippen molar-refractivity contribution < 1.29 is 14.0 Å². The number of hydrogen-bond donors (Lipinski definition) is 1. The number of nitrogens with zero attached hydrogens (tertiary/aromatic N) is 1. The molecule has 0 fully saturated rings. The van der Waals surface area contributed by atoms with Crippen LogP contribution in [0.25, 0.3) is 0 Å². The van der Waals surface area contributed by atoms with Crippen molar-refractivity contribution in [2.24, 2.45) is 0 Å². The number of carbonyl (C=O) groups excluding carboxylic acids is 2. The van der Waals surface area contributed by atoms with Gasteiger partial charge in [-0.05, 0) is 50.1 Å². The van der Waals surface area contributed by atoms with E-state index in [9.17, 15) is 14.0 Å². The monoisotopic (exact) mass is 482 g/mol. The van der Waals surface area contributed by atoms with E-state index in [-0.39, 0.29) is 41.4 Å². The predicted octanol–water partition coefficient (Wildman–Crippen LogP) is 5.12. The zero-order chi connectivity index (χ0) is 21.6. The fourth-order valence-corrected chi connectivity index (χ4v) is 3.51. The fourth-order valence-electron chi connectivity index (χ4n) is 2.83. The third kappa shape index (κ3) is 6.54. The third-order valence-electron chi connectivity index (χ3n) is 4.80. The summed E-state index contributed by atoms with van der Waals surface area (Å²) in [6.45, 7) is 5.78. The summed E-state index contributed by atoms with van der Waals surface area (Å²) < 4.78 is 15.1. The van der Waals surface area contributed by atoms with Crippen LogP contribution in [0.15, 0.2) is 46.9 Å². The van der Waals surface area contributed by atoms with Crippen LogP contribution in [0, 0.1) is 5.82 Å². The summed E-state index contributed by atoms with van der Waals surface area (Å²) in [4.78, 5) is 27.3. The molecule has 2 amide bonds. The van der Waals surface area contributed by atoms with Gasteiger partial charge in [0.15, 0.2) is 0 Å². The molecule has 2 rings (SSSR count). The van der Waals surface area contributed by atoms with E-state index < -0.39 is 11.9 Å². The van der Waals surface area contributed by atoms with Crippen LogP contribution in [-0.2, 0) is 22.6 Å². The van der Waals surface area contributed by atoms with E-state index in [1.807, 2.05) is 38.1 Å². The van der Waals surface area contributed by atoms with E-state index in [4.69, 9.17) is 11.6 Å². The van der Waals surface area contributed by atoms with E-state index in [2.05, 4.69) is 21.2 Å². The Morgan fingerprint density at radius 1 is 1.21 bits per heavy atom. The maximum Gasteiger partial charge on any atom is 0.242 e. The molecule has 29 heavy (non-hydrogen) atoms. The summed E-state index contributed by atoms with van der Waals surface area (Å²) in [5, 5.41) is 3.10. The fraction of sp³-hybridized carbons (Fsp3) is 0.364. The van der Waals surface area contributed by atoms with Crippen LogP contribution in [0.4, 0.5) is 4.39 Å². The molecule has 0 aliphatic heterocycles. The molecular formula is C22H25BrClFN2O2. The van der Waals surface area contributed by atoms with Crippen LogP contribution in [-0.4, -0.2) is 28.8 Å². The van der Waals surface area contributed by atoms with E-state index in [0.29, 0.717) is 0 Å². The molecule has 0 saturated carbocycles. The Morgan fingerprint density at radius 2 is 1.90 bits per heavy atom. The normalized spacial score (nSPS) is 12.9. The summed E-state index contributed by atoms with van der Waals surface area (Å²) in [5.74, 6) is -1.16. The lowest BCUT2D eigenvalue weighted by Crippen LogP contribution is -2.50. The van der Waals surface area contributed by atoms with Crippen molar-refractivity contribution in [3.05, 3.63) is 68.9 Å². The van der Waals surface area contributed by atoms with Crippen LogP contribution in [0.5, 0.6) is 0 Å². The number of hydrogen-bond acceptors (Lipinski definition) is 2. The molecule has 0 bridgehead atoms. The molecule has 0 spiro atoms. The highest BCUT2D eigenvalue weighted by atomic mass is 79.9. The first kappa shape index (κ1) is 23.4. The molecule has 0 aliphatic carbocycles. The van der Waals surface area contributed by atoms with Gasteiger partial charge in [-0.3, -0.25) is 9.59 Å². The molecule has 0 aliphatic rings. The average Bonchev–Trinajstić information content (AvgIpc) is 2.68. The lowest BCUT2D eigenvalue weighted by Gasteiger charge is -2.30. The number of carbonyl (C=O) groups is 2. The summed E-state index contributed by atoms with van der Waals surface area (Å²) in [7, 11) is 0. The van der Waals surface area contributed by atoms with Crippen molar-refractivity contribution in [3.8, 4) is 0 Å². The van der Waals surface area contributed by atoms with E-state index in [0.717, 1.165) is 16.5 Å². The van der Waals surface area contributed by atoms with Crippen LogP contribution in [0.1, 0.15) is 38.3 Å². The van der Waals surface area contributed by atoms with Gasteiger partial charge in [0.2, 0.25) is 11.8 Å². The Kier molecular flexibility index (Phi) is 8.65. The van der Waals surface area contributed by atoms with E-state index in [1.54, 1.807) is 13.0 Å². The molecular weight excluding hydrogens is 459 g/mol. The highest BCUT2D eigenvalue weighted by Crippen LogP contribution is 2.22. The Morgan fingerprint density at radius 3 is 2.52 bits per heavy atom. The minimum absolute atomic E-state index is 0.00576. The number of rotatable bonds is 8. The van der Waals surface area contributed by atoms with Gasteiger partial charge in [-0.25, -0.2) is 4.39 Å². The summed E-state index contributed by atoms with van der Waals surface area (Å²) in [6.07, 6.45) is 0.559. The number of amides is 2. The van der Waals surface area contributed by atoms with Gasteiger partial charge in [-0.1, -0.05) is 52.7 Å². The molecule has 7 heteroatoms. The predicted molar refractivity (Wildman–Crippen MR) is 117 cm³/mol. The van der Waals surface area contributed by atoms with Crippen LogP contribution >= 0.6 is 27.5 Å². The Hall–Kier alpha value is -1.92. The zero-order valence-corrected chi connectivity index (χ0v) is 19.1. The van der Waals surface area contributed by atoms with Crippen LogP contribution < -0.4 is 5.32 Å². The summed E-state index contributed by atoms with van der Waals surface area (Å²) in [6, 6.07) is 11.1. The standard InChI is InChI=1S/C22H25BrClFN2O2/c1-4-14(2)26-22(29)15(3)27(13-16-7-5-8-17(23)11-16)21(28)12-18-19(24)9-6-10-20(18)25/h5-11,14-15H,4,12-13H2,1-3H3,(H,26,29)/t14-,15+/m1/s1. The molecule has 2 aromatic rings. The second-order valence-corrected chi connectivity index (χ2v) is 8.35. The summed E-state index contributed by atoms with van der Waals surface area (Å²) >= 11 is 9.51. The first-order valence-corrected chi connectivity index (χ1v) is 10.7. The van der Waals surface area contributed by atoms with E-state index in [1.165, 1.54) is 17.0 Å². The highest BCUT2D eigenvalue weighted by molar-refractivity contribution is 9.10. The van der Waals surface area contributed by atoms with Crippen LogP contribution in [0.2, 0.25) is 5.02 Å². The van der Waals surface area contributed by atoms with Crippen molar-refractivity contribution in [2.75, 3.05) is 0 Å². The van der Waals surface area contributed by atoms with Crippen molar-refractivity contribution in [2.45, 2.75) is 52.2 Å². The number of benzene rings is 2. The molecule has 156 valence electrons. The minimum atomic E-state index is -0.721. The van der Waals surface area contributed by atoms with Gasteiger partial charge in [-0.15, -0.1) is 0 Å². The highest BCUT2D eigenvalue weighted by Gasteiger charge is 2.28. The molecule has 0 heterocycles. The SMILES string of the molecule is CC[C@@H](C)NC(=O)[C@H](C)N(Cc1cccc(Br)c1)C(=O)Cc1c(F)cccc1Cl. The quantitative estimate of drug-likeness (QED) is 0.567. The topological polar surface area (TPSA) is 49.4 Å². The van der Waals surface area contributed by atoms with Crippen molar-refractivity contribution >= 4 is 39.3 Å². The van der Waals surface area contributed by atoms with Crippen molar-refractivity contribution in [1.82, 2.24) is 10.2 Å². The molecule has 2 aromatic carbocycles. The first-order valence-electron chi connectivity index (χ1n) is 9.50. The molecule has 0 saturated heterocycles. The minimum Gasteiger partial charge on any atom is -0.352 e. The number of halogens is 3.